The van der Waals surface area contributed by atoms with E-state index in [1.54, 1.807) is 42.5 Å². The first-order valence-corrected chi connectivity index (χ1v) is 9.16. The normalized spacial score (nSPS) is 26.8. The van der Waals surface area contributed by atoms with E-state index in [1.165, 1.54) is 12.0 Å². The summed E-state index contributed by atoms with van der Waals surface area (Å²) >= 11 is 6.21. The Morgan fingerprint density at radius 1 is 1.32 bits per heavy atom. The quantitative estimate of drug-likeness (QED) is 0.818. The number of hydrogen-bond donors (Lipinski definition) is 2. The van der Waals surface area contributed by atoms with Gasteiger partial charge in [0.15, 0.2) is 5.54 Å². The number of rotatable bonds is 4. The number of carboxylic acids is 1. The lowest BCUT2D eigenvalue weighted by molar-refractivity contribution is -0.145. The summed E-state index contributed by atoms with van der Waals surface area (Å²) in [6, 6.07) is 10.6. The van der Waals surface area contributed by atoms with Crippen molar-refractivity contribution in [1.82, 2.24) is 4.90 Å². The summed E-state index contributed by atoms with van der Waals surface area (Å²) in [7, 11) is 1.47. The van der Waals surface area contributed by atoms with Gasteiger partial charge in [0.1, 0.15) is 18.0 Å². The second-order valence-corrected chi connectivity index (χ2v) is 7.33. The molecule has 0 aliphatic carbocycles. The molecule has 3 atom stereocenters. The third kappa shape index (κ3) is 2.57. The van der Waals surface area contributed by atoms with E-state index in [4.69, 9.17) is 16.3 Å². The van der Waals surface area contributed by atoms with E-state index in [2.05, 4.69) is 5.32 Å². The largest absolute Gasteiger partial charge is 0.496 e. The molecule has 2 heterocycles. The molecule has 0 radical (unpaired) electrons. The number of likely N-dealkylation sites (tertiary alicyclic amines) is 1. The molecule has 2 N–H and O–H groups in total. The number of ether oxygens (including phenoxy) is 1. The molecule has 2 aliphatic heterocycles. The molecule has 1 fully saturated rings. The Hall–Kier alpha value is -2.64. The number of hydrogen-bond acceptors (Lipinski definition) is 4. The molecule has 1 saturated heterocycles. The zero-order valence-corrected chi connectivity index (χ0v) is 15.7. The van der Waals surface area contributed by atoms with Crippen molar-refractivity contribution in [2.75, 3.05) is 19.0 Å². The van der Waals surface area contributed by atoms with Crippen molar-refractivity contribution in [3.05, 3.63) is 58.6 Å². The lowest BCUT2D eigenvalue weighted by Crippen LogP contribution is -2.56. The zero-order valence-electron chi connectivity index (χ0n) is 15.0. The Morgan fingerprint density at radius 2 is 2.07 bits per heavy atom. The molecule has 1 amide bonds. The van der Waals surface area contributed by atoms with Gasteiger partial charge in [-0.1, -0.05) is 29.8 Å². The zero-order chi connectivity index (χ0) is 20.1. The standard InChI is InChI=1S/C20H18ClFN2O4/c1-28-17-5-3-2-4-13(17)20(24-10-12(22)9-16(24)18(25)26)14-8-11(21)6-7-15(14)23-19(20)27/h2-8,12,16H,9-10H2,1H3,(H,23,27)(H,25,26)/t12-,16-,20?/m0/s1. The second-order valence-electron chi connectivity index (χ2n) is 6.89. The first kappa shape index (κ1) is 18.7. The second kappa shape index (κ2) is 6.76. The Labute approximate surface area is 165 Å². The molecule has 0 saturated carbocycles. The first-order chi connectivity index (χ1) is 13.4. The molecule has 28 heavy (non-hydrogen) atoms. The predicted octanol–water partition coefficient (Wildman–Crippen LogP) is 3.04. The van der Waals surface area contributed by atoms with Gasteiger partial charge in [-0.2, -0.15) is 0 Å². The minimum atomic E-state index is -1.57. The van der Waals surface area contributed by atoms with Crippen molar-refractivity contribution in [1.29, 1.82) is 0 Å². The number of methoxy groups -OCH3 is 1. The molecule has 1 unspecified atom stereocenters. The predicted molar refractivity (Wildman–Crippen MR) is 101 cm³/mol. The summed E-state index contributed by atoms with van der Waals surface area (Å²) in [6.45, 7) is -0.200. The van der Waals surface area contributed by atoms with Gasteiger partial charge in [0.2, 0.25) is 0 Å². The fraction of sp³-hybridized carbons (Fsp3) is 0.300. The number of carboxylic acid groups (broad SMARTS) is 1. The van der Waals surface area contributed by atoms with Crippen molar-refractivity contribution in [2.45, 2.75) is 24.2 Å². The van der Waals surface area contributed by atoms with Gasteiger partial charge in [0.05, 0.1) is 7.11 Å². The Bertz CT molecular complexity index is 969. The number of anilines is 1. The highest BCUT2D eigenvalue weighted by molar-refractivity contribution is 6.31. The lowest BCUT2D eigenvalue weighted by atomic mass is 9.81. The van der Waals surface area contributed by atoms with Crippen molar-refractivity contribution in [3.63, 3.8) is 0 Å². The van der Waals surface area contributed by atoms with Crippen LogP contribution in [0.5, 0.6) is 5.75 Å². The highest BCUT2D eigenvalue weighted by Gasteiger charge is 2.59. The van der Waals surface area contributed by atoms with Crippen LogP contribution >= 0.6 is 11.6 Å². The molecule has 6 nitrogen and oxygen atoms in total. The van der Waals surface area contributed by atoms with Crippen LogP contribution in [0.1, 0.15) is 17.5 Å². The molecule has 2 aromatic carbocycles. The number of alkyl halides is 1. The molecule has 2 aromatic rings. The summed E-state index contributed by atoms with van der Waals surface area (Å²) in [5.74, 6) is -1.25. The van der Waals surface area contributed by atoms with Gasteiger partial charge < -0.3 is 15.2 Å². The molecule has 0 bridgehead atoms. The average Bonchev–Trinajstić information content (AvgIpc) is 3.19. The number of halogens is 2. The minimum absolute atomic E-state index is 0.199. The Balaban J connectivity index is 2.05. The van der Waals surface area contributed by atoms with E-state index >= 15 is 0 Å². The van der Waals surface area contributed by atoms with Crippen LogP contribution in [0.2, 0.25) is 5.02 Å². The van der Waals surface area contributed by atoms with Gasteiger partial charge in [-0.3, -0.25) is 14.5 Å². The van der Waals surface area contributed by atoms with Gasteiger partial charge in [-0.25, -0.2) is 4.39 Å². The summed E-state index contributed by atoms with van der Waals surface area (Å²) in [6.07, 6.45) is -1.57. The molecular formula is C20H18ClFN2O4. The maximum Gasteiger partial charge on any atom is 0.321 e. The first-order valence-electron chi connectivity index (χ1n) is 8.78. The van der Waals surface area contributed by atoms with E-state index < -0.39 is 29.6 Å². The van der Waals surface area contributed by atoms with Crippen LogP contribution in [0.3, 0.4) is 0 Å². The number of aliphatic carboxylic acids is 1. The monoisotopic (exact) mass is 404 g/mol. The van der Waals surface area contributed by atoms with Gasteiger partial charge in [-0.05, 0) is 24.3 Å². The fourth-order valence-electron chi connectivity index (χ4n) is 4.30. The van der Waals surface area contributed by atoms with Crippen molar-refractivity contribution >= 4 is 29.2 Å². The van der Waals surface area contributed by atoms with Gasteiger partial charge in [-0.15, -0.1) is 0 Å². The number of benzene rings is 2. The van der Waals surface area contributed by atoms with Crippen LogP contribution in [0, 0.1) is 0 Å². The summed E-state index contributed by atoms with van der Waals surface area (Å²) in [4.78, 5) is 26.8. The van der Waals surface area contributed by atoms with Crippen molar-refractivity contribution in [2.24, 2.45) is 0 Å². The lowest BCUT2D eigenvalue weighted by Gasteiger charge is -2.40. The third-order valence-corrected chi connectivity index (χ3v) is 5.65. The van der Waals surface area contributed by atoms with E-state index in [1.807, 2.05) is 0 Å². The molecule has 0 aromatic heterocycles. The van der Waals surface area contributed by atoms with E-state index in [0.717, 1.165) is 0 Å². The molecule has 8 heteroatoms. The number of carbonyl (C=O) groups is 2. The van der Waals surface area contributed by atoms with E-state index in [0.29, 0.717) is 27.6 Å². The number of amides is 1. The maximum atomic E-state index is 14.4. The van der Waals surface area contributed by atoms with Crippen LogP contribution in [-0.4, -0.2) is 47.8 Å². The maximum absolute atomic E-state index is 14.4. The molecule has 146 valence electrons. The SMILES string of the molecule is COc1ccccc1C1(N2C[C@@H](F)C[C@H]2C(=O)O)C(=O)Nc2ccc(Cl)cc21. The summed E-state index contributed by atoms with van der Waals surface area (Å²) < 4.78 is 19.9. The third-order valence-electron chi connectivity index (χ3n) is 5.41. The van der Waals surface area contributed by atoms with Crippen molar-refractivity contribution in [3.8, 4) is 5.75 Å². The molecule has 2 aliphatic rings. The van der Waals surface area contributed by atoms with Crippen LogP contribution in [-0.2, 0) is 15.1 Å². The minimum Gasteiger partial charge on any atom is -0.496 e. The Kier molecular flexibility index (Phi) is 4.51. The van der Waals surface area contributed by atoms with Gasteiger partial charge >= 0.3 is 5.97 Å². The van der Waals surface area contributed by atoms with Gasteiger partial charge in [0.25, 0.3) is 5.91 Å². The topological polar surface area (TPSA) is 78.9 Å². The summed E-state index contributed by atoms with van der Waals surface area (Å²) in [5.41, 5.74) is -0.144. The highest BCUT2D eigenvalue weighted by atomic mass is 35.5. The molecule has 0 spiro atoms. The number of nitrogens with one attached hydrogen (secondary N) is 1. The molecular weight excluding hydrogens is 387 g/mol. The van der Waals surface area contributed by atoms with Gasteiger partial charge in [0, 0.05) is 34.8 Å². The van der Waals surface area contributed by atoms with Crippen LogP contribution in [0.15, 0.2) is 42.5 Å². The van der Waals surface area contributed by atoms with Crippen LogP contribution in [0.25, 0.3) is 0 Å². The van der Waals surface area contributed by atoms with E-state index in [-0.39, 0.29) is 13.0 Å². The fourth-order valence-corrected chi connectivity index (χ4v) is 4.47. The van der Waals surface area contributed by atoms with Crippen LogP contribution < -0.4 is 10.1 Å². The van der Waals surface area contributed by atoms with Crippen LogP contribution in [0.4, 0.5) is 10.1 Å². The smallest absolute Gasteiger partial charge is 0.321 e. The molecule has 4 rings (SSSR count). The number of fused-ring (bicyclic) bond motifs is 1. The highest BCUT2D eigenvalue weighted by Crippen LogP contribution is 2.51. The number of para-hydroxylation sites is 1. The number of carbonyl (C=O) groups excluding carboxylic acids is 1. The average molecular weight is 405 g/mol. The van der Waals surface area contributed by atoms with Crippen molar-refractivity contribution < 1.29 is 23.8 Å². The van der Waals surface area contributed by atoms with E-state index in [9.17, 15) is 19.1 Å². The number of nitrogens with zero attached hydrogens (tertiary/aromatic N) is 1. The Morgan fingerprint density at radius 3 is 2.79 bits per heavy atom. The summed E-state index contributed by atoms with van der Waals surface area (Å²) in [5, 5.41) is 12.9.